The highest BCUT2D eigenvalue weighted by atomic mass is 16.4. The molecule has 0 aliphatic rings. The van der Waals surface area contributed by atoms with Crippen LogP contribution in [0.15, 0.2) is 23.8 Å². The molecule has 6 heteroatoms. The second-order valence-corrected chi connectivity index (χ2v) is 2.00. The fourth-order valence-electron chi connectivity index (χ4n) is 0.451. The van der Waals surface area contributed by atoms with Gasteiger partial charge in [-0.15, -0.1) is 0 Å². The molecule has 0 bridgehead atoms. The van der Waals surface area contributed by atoms with Gasteiger partial charge in [0.15, 0.2) is 0 Å². The molecule has 0 aliphatic carbocycles. The van der Waals surface area contributed by atoms with Crippen LogP contribution in [0, 0.1) is 0 Å². The van der Waals surface area contributed by atoms with Gasteiger partial charge in [-0.05, 0) is 6.08 Å². The SMILES string of the molecule is C=C(C=C(C(=O)O)C(=O)O)C(=O)O. The van der Waals surface area contributed by atoms with Gasteiger partial charge < -0.3 is 15.3 Å². The van der Waals surface area contributed by atoms with Crippen LogP contribution in [-0.4, -0.2) is 33.2 Å². The number of carbonyl (C=O) groups is 3. The van der Waals surface area contributed by atoms with Gasteiger partial charge in [-0.25, -0.2) is 14.4 Å². The Morgan fingerprint density at radius 1 is 0.923 bits per heavy atom. The van der Waals surface area contributed by atoms with Gasteiger partial charge in [0.05, 0.1) is 5.57 Å². The molecule has 0 aromatic heterocycles. The Balaban J connectivity index is 4.96. The standard InChI is InChI=1S/C7H6O6/c1-3(5(8)9)2-4(6(10)11)7(12)13/h2H,1H2,(H,8,9)(H,10,11)(H,12,13). The lowest BCUT2D eigenvalue weighted by molar-refractivity contribution is -0.140. The highest BCUT2D eigenvalue weighted by molar-refractivity contribution is 6.13. The van der Waals surface area contributed by atoms with Gasteiger partial charge in [0.1, 0.15) is 5.57 Å². The number of aliphatic carboxylic acids is 3. The number of carboxylic acid groups (broad SMARTS) is 3. The van der Waals surface area contributed by atoms with E-state index in [0.717, 1.165) is 0 Å². The van der Waals surface area contributed by atoms with E-state index in [1.807, 2.05) is 0 Å². The molecular formula is C7H6O6. The molecule has 0 unspecified atom stereocenters. The summed E-state index contributed by atoms with van der Waals surface area (Å²) in [5.41, 5.74) is -1.63. The van der Waals surface area contributed by atoms with Crippen LogP contribution < -0.4 is 0 Å². The van der Waals surface area contributed by atoms with Crippen LogP contribution in [0.3, 0.4) is 0 Å². The van der Waals surface area contributed by atoms with Crippen molar-refractivity contribution in [1.82, 2.24) is 0 Å². The van der Waals surface area contributed by atoms with Crippen molar-refractivity contribution < 1.29 is 29.7 Å². The van der Waals surface area contributed by atoms with E-state index < -0.39 is 29.1 Å². The molecule has 13 heavy (non-hydrogen) atoms. The van der Waals surface area contributed by atoms with Gasteiger partial charge in [-0.2, -0.15) is 0 Å². The second kappa shape index (κ2) is 4.05. The maximum absolute atomic E-state index is 10.2. The Morgan fingerprint density at radius 3 is 1.54 bits per heavy atom. The molecule has 0 atom stereocenters. The number of carboxylic acids is 3. The molecule has 0 aromatic carbocycles. The van der Waals surface area contributed by atoms with Crippen LogP contribution in [0.5, 0.6) is 0 Å². The van der Waals surface area contributed by atoms with E-state index in [2.05, 4.69) is 6.58 Å². The fraction of sp³-hybridized carbons (Fsp3) is 0. The molecule has 6 nitrogen and oxygen atoms in total. The Labute approximate surface area is 72.4 Å². The first-order valence-corrected chi connectivity index (χ1v) is 2.96. The Kier molecular flexibility index (Phi) is 3.39. The molecule has 0 aliphatic heterocycles. The average Bonchev–Trinajstić information content (AvgIpc) is 1.97. The molecular weight excluding hydrogens is 180 g/mol. The summed E-state index contributed by atoms with van der Waals surface area (Å²) >= 11 is 0. The maximum atomic E-state index is 10.2. The molecule has 0 rings (SSSR count). The quantitative estimate of drug-likeness (QED) is 0.241. The zero-order valence-electron chi connectivity index (χ0n) is 6.35. The lowest BCUT2D eigenvalue weighted by atomic mass is 10.2. The van der Waals surface area contributed by atoms with Crippen molar-refractivity contribution in [3.05, 3.63) is 23.8 Å². The van der Waals surface area contributed by atoms with E-state index in [4.69, 9.17) is 15.3 Å². The third-order valence-corrected chi connectivity index (χ3v) is 1.05. The number of hydrogen-bond acceptors (Lipinski definition) is 3. The largest absolute Gasteiger partial charge is 0.478 e. The highest BCUT2D eigenvalue weighted by Gasteiger charge is 2.17. The Morgan fingerprint density at radius 2 is 1.31 bits per heavy atom. The van der Waals surface area contributed by atoms with Crippen molar-refractivity contribution >= 4 is 17.9 Å². The summed E-state index contributed by atoms with van der Waals surface area (Å²) in [5, 5.41) is 24.8. The summed E-state index contributed by atoms with van der Waals surface area (Å²) in [6.07, 6.45) is 0.479. The molecule has 0 radical (unpaired) electrons. The van der Waals surface area contributed by atoms with Crippen molar-refractivity contribution in [2.45, 2.75) is 0 Å². The Bertz CT molecular complexity index is 295. The van der Waals surface area contributed by atoms with Gasteiger partial charge >= 0.3 is 17.9 Å². The number of hydrogen-bond donors (Lipinski definition) is 3. The van der Waals surface area contributed by atoms with Gasteiger partial charge in [-0.1, -0.05) is 6.58 Å². The topological polar surface area (TPSA) is 112 Å². The van der Waals surface area contributed by atoms with Crippen molar-refractivity contribution in [2.24, 2.45) is 0 Å². The minimum atomic E-state index is -1.71. The first-order valence-electron chi connectivity index (χ1n) is 2.96. The normalized spacial score (nSPS) is 8.62. The lowest BCUT2D eigenvalue weighted by Crippen LogP contribution is -2.12. The van der Waals surface area contributed by atoms with E-state index in [0.29, 0.717) is 6.08 Å². The predicted molar refractivity (Wildman–Crippen MR) is 40.1 cm³/mol. The summed E-state index contributed by atoms with van der Waals surface area (Å²) in [6.45, 7) is 2.96. The van der Waals surface area contributed by atoms with Crippen LogP contribution in [0.1, 0.15) is 0 Å². The smallest absolute Gasteiger partial charge is 0.343 e. The monoisotopic (exact) mass is 186 g/mol. The summed E-state index contributed by atoms with van der Waals surface area (Å²) in [4.78, 5) is 30.6. The minimum Gasteiger partial charge on any atom is -0.478 e. The summed E-state index contributed by atoms with van der Waals surface area (Å²) in [7, 11) is 0. The molecule has 0 aromatic rings. The van der Waals surface area contributed by atoms with Crippen LogP contribution in [0.25, 0.3) is 0 Å². The summed E-state index contributed by atoms with van der Waals surface area (Å²) in [6, 6.07) is 0. The summed E-state index contributed by atoms with van der Waals surface area (Å²) in [5.74, 6) is -4.90. The van der Waals surface area contributed by atoms with Crippen LogP contribution >= 0.6 is 0 Å². The van der Waals surface area contributed by atoms with E-state index in [9.17, 15) is 14.4 Å². The van der Waals surface area contributed by atoms with Crippen LogP contribution in [-0.2, 0) is 14.4 Å². The van der Waals surface area contributed by atoms with E-state index in [-0.39, 0.29) is 0 Å². The minimum absolute atomic E-state index is 0.479. The molecule has 3 N–H and O–H groups in total. The van der Waals surface area contributed by atoms with Crippen LogP contribution in [0.4, 0.5) is 0 Å². The van der Waals surface area contributed by atoms with Gasteiger partial charge in [0, 0.05) is 0 Å². The molecule has 0 saturated heterocycles. The van der Waals surface area contributed by atoms with E-state index >= 15 is 0 Å². The first-order chi connectivity index (χ1) is 5.86. The summed E-state index contributed by atoms with van der Waals surface area (Å²) < 4.78 is 0. The van der Waals surface area contributed by atoms with Crippen molar-refractivity contribution in [3.63, 3.8) is 0 Å². The van der Waals surface area contributed by atoms with E-state index in [1.54, 1.807) is 0 Å². The molecule has 0 saturated carbocycles. The van der Waals surface area contributed by atoms with Crippen molar-refractivity contribution in [2.75, 3.05) is 0 Å². The molecule has 0 heterocycles. The lowest BCUT2D eigenvalue weighted by Gasteiger charge is -1.94. The molecule has 0 spiro atoms. The third kappa shape index (κ3) is 3.19. The average molecular weight is 186 g/mol. The maximum Gasteiger partial charge on any atom is 0.343 e. The third-order valence-electron chi connectivity index (χ3n) is 1.05. The van der Waals surface area contributed by atoms with Crippen LogP contribution in [0.2, 0.25) is 0 Å². The zero-order valence-corrected chi connectivity index (χ0v) is 6.35. The second-order valence-electron chi connectivity index (χ2n) is 2.00. The highest BCUT2D eigenvalue weighted by Crippen LogP contribution is 2.01. The van der Waals surface area contributed by atoms with Gasteiger partial charge in [0.2, 0.25) is 0 Å². The fourth-order valence-corrected chi connectivity index (χ4v) is 0.451. The zero-order chi connectivity index (χ0) is 10.6. The molecule has 0 fully saturated rings. The van der Waals surface area contributed by atoms with Crippen molar-refractivity contribution in [1.29, 1.82) is 0 Å². The van der Waals surface area contributed by atoms with E-state index in [1.165, 1.54) is 0 Å². The van der Waals surface area contributed by atoms with Crippen molar-refractivity contribution in [3.8, 4) is 0 Å². The van der Waals surface area contributed by atoms with Gasteiger partial charge in [0.25, 0.3) is 0 Å². The number of rotatable bonds is 4. The Hall–Kier alpha value is -2.11. The predicted octanol–water partition coefficient (Wildman–Crippen LogP) is -0.277. The first kappa shape index (κ1) is 10.9. The van der Waals surface area contributed by atoms with Gasteiger partial charge in [-0.3, -0.25) is 0 Å². The molecule has 70 valence electrons. The molecule has 0 amide bonds.